The highest BCUT2D eigenvalue weighted by Gasteiger charge is 2.36. The lowest BCUT2D eigenvalue weighted by Gasteiger charge is -2.39. The van der Waals surface area contributed by atoms with Crippen LogP contribution in [0.5, 0.6) is 17.2 Å². The van der Waals surface area contributed by atoms with E-state index in [1.807, 2.05) is 26.0 Å². The van der Waals surface area contributed by atoms with Gasteiger partial charge in [0.1, 0.15) is 11.5 Å². The largest absolute Gasteiger partial charge is 0.496 e. The molecule has 2 aliphatic rings. The van der Waals surface area contributed by atoms with Gasteiger partial charge in [-0.1, -0.05) is 6.07 Å². The molecule has 0 radical (unpaired) electrons. The SMILES string of the molecule is COc1cc(F)c(OC)c2c(OC)c([C@@H]3CC[C@@H](O[C@@H]4CC[C@H](O)[C@@H](C)O4)[C@H](C)O3)ccc12. The van der Waals surface area contributed by atoms with Crippen molar-refractivity contribution in [2.24, 2.45) is 0 Å². The lowest BCUT2D eigenvalue weighted by Crippen LogP contribution is -2.43. The molecule has 2 aromatic carbocycles. The van der Waals surface area contributed by atoms with Crippen LogP contribution in [0.2, 0.25) is 0 Å². The topological polar surface area (TPSA) is 75.6 Å². The molecular weight excluding hydrogens is 431 g/mol. The van der Waals surface area contributed by atoms with Crippen LogP contribution in [0.15, 0.2) is 18.2 Å². The maximum absolute atomic E-state index is 14.7. The highest BCUT2D eigenvalue weighted by atomic mass is 19.1. The van der Waals surface area contributed by atoms with Crippen molar-refractivity contribution in [3.8, 4) is 17.2 Å². The Morgan fingerprint density at radius 2 is 1.67 bits per heavy atom. The fourth-order valence-electron chi connectivity index (χ4n) is 4.86. The molecule has 6 atom stereocenters. The number of hydrogen-bond acceptors (Lipinski definition) is 7. The predicted octanol–water partition coefficient (Wildman–Crippen LogP) is 4.52. The van der Waals surface area contributed by atoms with Gasteiger partial charge in [-0.25, -0.2) is 4.39 Å². The zero-order valence-corrected chi connectivity index (χ0v) is 19.8. The number of ether oxygens (including phenoxy) is 6. The van der Waals surface area contributed by atoms with Crippen molar-refractivity contribution < 1.29 is 37.9 Å². The van der Waals surface area contributed by atoms with E-state index < -0.39 is 11.9 Å². The smallest absolute Gasteiger partial charge is 0.169 e. The number of aliphatic hydroxyl groups excluding tert-OH is 1. The first-order chi connectivity index (χ1) is 15.9. The third-order valence-electron chi connectivity index (χ3n) is 6.68. The van der Waals surface area contributed by atoms with E-state index in [0.29, 0.717) is 41.5 Å². The average molecular weight is 465 g/mol. The highest BCUT2D eigenvalue weighted by Crippen LogP contribution is 2.47. The third-order valence-corrected chi connectivity index (χ3v) is 6.68. The Hall–Kier alpha value is -2.13. The standard InChI is InChI=1S/C25H33FO7/c1-13-18(27)8-11-22(32-13)33-19-9-10-20(31-14(19)2)16-7-6-15-21(28-3)12-17(26)25(30-5)23(15)24(16)29-4/h6-7,12-14,18-20,22,27H,8-11H2,1-5H3/t13-,14+,18+,19-,20+,22-/m1/s1. The molecule has 0 amide bonds. The van der Waals surface area contributed by atoms with Gasteiger partial charge in [-0.05, 0) is 39.2 Å². The zero-order valence-electron chi connectivity index (χ0n) is 19.8. The van der Waals surface area contributed by atoms with E-state index >= 15 is 0 Å². The van der Waals surface area contributed by atoms with Crippen molar-refractivity contribution in [1.29, 1.82) is 0 Å². The van der Waals surface area contributed by atoms with Gasteiger partial charge in [0.15, 0.2) is 17.9 Å². The molecule has 0 saturated carbocycles. The molecule has 0 aliphatic carbocycles. The lowest BCUT2D eigenvalue weighted by molar-refractivity contribution is -0.260. The molecule has 182 valence electrons. The number of hydrogen-bond donors (Lipinski definition) is 1. The van der Waals surface area contributed by atoms with Crippen LogP contribution in [0.3, 0.4) is 0 Å². The van der Waals surface area contributed by atoms with Gasteiger partial charge in [-0.2, -0.15) is 0 Å². The van der Waals surface area contributed by atoms with E-state index in [1.165, 1.54) is 20.3 Å². The molecule has 0 bridgehead atoms. The molecule has 0 spiro atoms. The van der Waals surface area contributed by atoms with Crippen LogP contribution >= 0.6 is 0 Å². The Balaban J connectivity index is 1.57. The maximum atomic E-state index is 14.7. The Labute approximate surface area is 193 Å². The zero-order chi connectivity index (χ0) is 23.7. The van der Waals surface area contributed by atoms with Gasteiger partial charge in [0.25, 0.3) is 0 Å². The summed E-state index contributed by atoms with van der Waals surface area (Å²) < 4.78 is 49.6. The average Bonchev–Trinajstić information content (AvgIpc) is 2.81. The van der Waals surface area contributed by atoms with Crippen LogP contribution < -0.4 is 14.2 Å². The van der Waals surface area contributed by atoms with E-state index in [4.69, 9.17) is 28.4 Å². The van der Waals surface area contributed by atoms with Crippen molar-refractivity contribution in [2.45, 2.75) is 76.3 Å². The minimum Gasteiger partial charge on any atom is -0.496 e. The van der Waals surface area contributed by atoms with Crippen LogP contribution in [0, 0.1) is 5.82 Å². The first kappa shape index (κ1) is 24.0. The number of benzene rings is 2. The summed E-state index contributed by atoms with van der Waals surface area (Å²) in [6, 6.07) is 5.13. The number of fused-ring (bicyclic) bond motifs is 1. The Morgan fingerprint density at radius 1 is 0.909 bits per heavy atom. The van der Waals surface area contributed by atoms with Gasteiger partial charge in [0.05, 0.1) is 57.2 Å². The quantitative estimate of drug-likeness (QED) is 0.674. The molecule has 7 nitrogen and oxygen atoms in total. The molecule has 0 unspecified atom stereocenters. The molecule has 0 aromatic heterocycles. The molecule has 2 heterocycles. The third kappa shape index (κ3) is 4.62. The van der Waals surface area contributed by atoms with Gasteiger partial charge < -0.3 is 33.5 Å². The number of rotatable bonds is 6. The second-order valence-corrected chi connectivity index (χ2v) is 8.70. The van der Waals surface area contributed by atoms with E-state index in [0.717, 1.165) is 12.0 Å². The monoisotopic (exact) mass is 464 g/mol. The summed E-state index contributed by atoms with van der Waals surface area (Å²) in [5.41, 5.74) is 0.826. The van der Waals surface area contributed by atoms with Gasteiger partial charge in [-0.15, -0.1) is 0 Å². The van der Waals surface area contributed by atoms with E-state index in [1.54, 1.807) is 7.11 Å². The van der Waals surface area contributed by atoms with Crippen LogP contribution in [0.25, 0.3) is 10.8 Å². The summed E-state index contributed by atoms with van der Waals surface area (Å²) in [5, 5.41) is 11.1. The van der Waals surface area contributed by atoms with Crippen LogP contribution in [-0.4, -0.2) is 57.1 Å². The summed E-state index contributed by atoms with van der Waals surface area (Å²) in [6.45, 7) is 3.84. The maximum Gasteiger partial charge on any atom is 0.169 e. The summed E-state index contributed by atoms with van der Waals surface area (Å²) in [6.07, 6.45) is 1.21. The summed E-state index contributed by atoms with van der Waals surface area (Å²) >= 11 is 0. The minimum atomic E-state index is -0.518. The van der Waals surface area contributed by atoms with E-state index in [2.05, 4.69) is 0 Å². The van der Waals surface area contributed by atoms with E-state index in [9.17, 15) is 9.50 Å². The van der Waals surface area contributed by atoms with Gasteiger partial charge in [0.2, 0.25) is 0 Å². The molecule has 4 rings (SSSR count). The first-order valence-corrected chi connectivity index (χ1v) is 11.4. The Kier molecular flexibility index (Phi) is 7.28. The number of methoxy groups -OCH3 is 3. The molecular formula is C25H33FO7. The normalized spacial score (nSPS) is 30.3. The van der Waals surface area contributed by atoms with Crippen molar-refractivity contribution in [2.75, 3.05) is 21.3 Å². The van der Waals surface area contributed by atoms with Crippen molar-refractivity contribution >= 4 is 10.8 Å². The fraction of sp³-hybridized carbons (Fsp3) is 0.600. The van der Waals surface area contributed by atoms with Crippen LogP contribution in [0.4, 0.5) is 4.39 Å². The molecule has 2 saturated heterocycles. The van der Waals surface area contributed by atoms with Crippen molar-refractivity contribution in [3.63, 3.8) is 0 Å². The summed E-state index contributed by atoms with van der Waals surface area (Å²) in [5.74, 6) is 0.513. The highest BCUT2D eigenvalue weighted by molar-refractivity contribution is 5.99. The molecule has 33 heavy (non-hydrogen) atoms. The number of aliphatic hydroxyl groups is 1. The van der Waals surface area contributed by atoms with Gasteiger partial charge in [0, 0.05) is 23.4 Å². The molecule has 2 fully saturated rings. The predicted molar refractivity (Wildman–Crippen MR) is 121 cm³/mol. The summed E-state index contributed by atoms with van der Waals surface area (Å²) in [7, 11) is 4.50. The fourth-order valence-corrected chi connectivity index (χ4v) is 4.86. The van der Waals surface area contributed by atoms with Crippen molar-refractivity contribution in [1.82, 2.24) is 0 Å². The van der Waals surface area contributed by atoms with E-state index in [-0.39, 0.29) is 36.5 Å². The van der Waals surface area contributed by atoms with Crippen molar-refractivity contribution in [3.05, 3.63) is 29.6 Å². The second-order valence-electron chi connectivity index (χ2n) is 8.70. The molecule has 8 heteroatoms. The molecule has 2 aromatic rings. The molecule has 1 N–H and O–H groups in total. The Morgan fingerprint density at radius 3 is 2.30 bits per heavy atom. The van der Waals surface area contributed by atoms with Crippen LogP contribution in [-0.2, 0) is 14.2 Å². The first-order valence-electron chi connectivity index (χ1n) is 11.4. The lowest BCUT2D eigenvalue weighted by atomic mass is 9.93. The van der Waals surface area contributed by atoms with Gasteiger partial charge >= 0.3 is 0 Å². The number of halogens is 1. The Bertz CT molecular complexity index is 981. The van der Waals surface area contributed by atoms with Gasteiger partial charge in [-0.3, -0.25) is 0 Å². The molecule has 2 aliphatic heterocycles. The minimum absolute atomic E-state index is 0.111. The van der Waals surface area contributed by atoms with Crippen LogP contribution in [0.1, 0.15) is 51.2 Å². The summed E-state index contributed by atoms with van der Waals surface area (Å²) in [4.78, 5) is 0. The second kappa shape index (κ2) is 10.0.